The van der Waals surface area contributed by atoms with Crippen molar-refractivity contribution >= 4 is 0 Å². The maximum absolute atomic E-state index is 13.8. The zero-order valence-corrected chi connectivity index (χ0v) is 11.9. The average molecular weight is 265 g/mol. The SMILES string of the molecule is CCCNC(Cc1ccccc1F)C1(C)CCCO1. The third-order valence-electron chi connectivity index (χ3n) is 4.01. The number of rotatable bonds is 6. The number of nitrogens with one attached hydrogen (secondary N) is 1. The molecule has 0 aromatic heterocycles. The van der Waals surface area contributed by atoms with Crippen molar-refractivity contribution in [3.05, 3.63) is 35.6 Å². The number of hydrogen-bond acceptors (Lipinski definition) is 2. The molecule has 1 saturated heterocycles. The monoisotopic (exact) mass is 265 g/mol. The van der Waals surface area contributed by atoms with Gasteiger partial charge in [0.15, 0.2) is 0 Å². The van der Waals surface area contributed by atoms with Crippen molar-refractivity contribution in [1.29, 1.82) is 0 Å². The van der Waals surface area contributed by atoms with E-state index >= 15 is 0 Å². The fourth-order valence-electron chi connectivity index (χ4n) is 2.78. The lowest BCUT2D eigenvalue weighted by Gasteiger charge is -2.34. The summed E-state index contributed by atoms with van der Waals surface area (Å²) in [6.07, 6.45) is 3.90. The molecule has 1 aromatic carbocycles. The second-order valence-corrected chi connectivity index (χ2v) is 5.57. The van der Waals surface area contributed by atoms with Crippen LogP contribution in [0.1, 0.15) is 38.7 Å². The van der Waals surface area contributed by atoms with Crippen LogP contribution in [-0.2, 0) is 11.2 Å². The Bertz CT molecular complexity index is 401. The van der Waals surface area contributed by atoms with Crippen LogP contribution in [0.4, 0.5) is 4.39 Å². The summed E-state index contributed by atoms with van der Waals surface area (Å²) in [5.74, 6) is -0.118. The Kier molecular flexibility index (Phi) is 4.94. The van der Waals surface area contributed by atoms with Gasteiger partial charge in [-0.3, -0.25) is 0 Å². The molecular weight excluding hydrogens is 241 g/mol. The van der Waals surface area contributed by atoms with Crippen LogP contribution in [0.25, 0.3) is 0 Å². The Balaban J connectivity index is 2.11. The molecule has 3 heteroatoms. The summed E-state index contributed by atoms with van der Waals surface area (Å²) in [5.41, 5.74) is 0.602. The predicted molar refractivity (Wildman–Crippen MR) is 75.8 cm³/mol. The van der Waals surface area contributed by atoms with Crippen molar-refractivity contribution in [3.8, 4) is 0 Å². The number of ether oxygens (including phenoxy) is 1. The Morgan fingerprint density at radius 2 is 2.21 bits per heavy atom. The van der Waals surface area contributed by atoms with Gasteiger partial charge in [-0.05, 0) is 50.8 Å². The van der Waals surface area contributed by atoms with Crippen LogP contribution in [0.5, 0.6) is 0 Å². The van der Waals surface area contributed by atoms with Crippen molar-refractivity contribution < 1.29 is 9.13 Å². The maximum atomic E-state index is 13.8. The Labute approximate surface area is 115 Å². The molecule has 0 spiro atoms. The molecule has 2 rings (SSSR count). The summed E-state index contributed by atoms with van der Waals surface area (Å²) in [5, 5.41) is 3.54. The van der Waals surface area contributed by atoms with E-state index in [4.69, 9.17) is 4.74 Å². The molecule has 1 aliphatic heterocycles. The minimum Gasteiger partial charge on any atom is -0.374 e. The van der Waals surface area contributed by atoms with E-state index in [-0.39, 0.29) is 17.5 Å². The average Bonchev–Trinajstić information content (AvgIpc) is 2.84. The van der Waals surface area contributed by atoms with E-state index in [1.807, 2.05) is 12.1 Å². The fraction of sp³-hybridized carbons (Fsp3) is 0.625. The number of hydrogen-bond donors (Lipinski definition) is 1. The van der Waals surface area contributed by atoms with Crippen LogP contribution < -0.4 is 5.32 Å². The van der Waals surface area contributed by atoms with E-state index in [2.05, 4.69) is 19.2 Å². The highest BCUT2D eigenvalue weighted by Gasteiger charge is 2.38. The minimum atomic E-state index is -0.169. The second-order valence-electron chi connectivity index (χ2n) is 5.57. The molecule has 2 unspecified atom stereocenters. The van der Waals surface area contributed by atoms with Crippen molar-refractivity contribution in [3.63, 3.8) is 0 Å². The highest BCUT2D eigenvalue weighted by atomic mass is 19.1. The molecule has 0 aliphatic carbocycles. The van der Waals surface area contributed by atoms with Crippen molar-refractivity contribution in [2.45, 2.75) is 51.2 Å². The predicted octanol–water partition coefficient (Wildman–Crippen LogP) is 3.31. The maximum Gasteiger partial charge on any atom is 0.126 e. The van der Waals surface area contributed by atoms with Gasteiger partial charge in [-0.15, -0.1) is 0 Å². The molecule has 1 aliphatic rings. The van der Waals surface area contributed by atoms with Gasteiger partial charge in [0.1, 0.15) is 5.82 Å². The number of benzene rings is 1. The minimum absolute atomic E-state index is 0.118. The third kappa shape index (κ3) is 3.54. The summed E-state index contributed by atoms with van der Waals surface area (Å²) in [6.45, 7) is 6.05. The molecule has 0 amide bonds. The smallest absolute Gasteiger partial charge is 0.126 e. The van der Waals surface area contributed by atoms with Crippen molar-refractivity contribution in [2.24, 2.45) is 0 Å². The highest BCUT2D eigenvalue weighted by Crippen LogP contribution is 2.30. The van der Waals surface area contributed by atoms with Gasteiger partial charge >= 0.3 is 0 Å². The van der Waals surface area contributed by atoms with E-state index in [9.17, 15) is 4.39 Å². The quantitative estimate of drug-likeness (QED) is 0.852. The normalized spacial score (nSPS) is 24.6. The molecule has 0 radical (unpaired) electrons. The fourth-order valence-corrected chi connectivity index (χ4v) is 2.78. The number of halogens is 1. The van der Waals surface area contributed by atoms with E-state index < -0.39 is 0 Å². The van der Waals surface area contributed by atoms with Crippen LogP contribution in [-0.4, -0.2) is 24.8 Å². The lowest BCUT2D eigenvalue weighted by Crippen LogP contribution is -2.50. The first kappa shape index (κ1) is 14.5. The van der Waals surface area contributed by atoms with Crippen LogP contribution in [0.3, 0.4) is 0 Å². The van der Waals surface area contributed by atoms with Gasteiger partial charge in [-0.1, -0.05) is 25.1 Å². The Hall–Kier alpha value is -0.930. The molecule has 106 valence electrons. The van der Waals surface area contributed by atoms with Gasteiger partial charge in [0.05, 0.1) is 5.60 Å². The zero-order valence-electron chi connectivity index (χ0n) is 11.9. The summed E-state index contributed by atoms with van der Waals surface area (Å²) in [7, 11) is 0. The van der Waals surface area contributed by atoms with Gasteiger partial charge < -0.3 is 10.1 Å². The van der Waals surface area contributed by atoms with Crippen LogP contribution in [0.15, 0.2) is 24.3 Å². The molecular formula is C16H24FNO. The van der Waals surface area contributed by atoms with Crippen LogP contribution in [0.2, 0.25) is 0 Å². The molecule has 2 nitrogen and oxygen atoms in total. The second kappa shape index (κ2) is 6.49. The summed E-state index contributed by atoms with van der Waals surface area (Å²) < 4.78 is 19.7. The first-order chi connectivity index (χ1) is 9.15. The first-order valence-corrected chi connectivity index (χ1v) is 7.26. The van der Waals surface area contributed by atoms with Crippen LogP contribution >= 0.6 is 0 Å². The summed E-state index contributed by atoms with van der Waals surface area (Å²) in [6, 6.07) is 7.21. The highest BCUT2D eigenvalue weighted by molar-refractivity contribution is 5.19. The van der Waals surface area contributed by atoms with Crippen molar-refractivity contribution in [2.75, 3.05) is 13.2 Å². The molecule has 2 atom stereocenters. The van der Waals surface area contributed by atoms with E-state index in [0.29, 0.717) is 6.42 Å². The lowest BCUT2D eigenvalue weighted by atomic mass is 9.88. The van der Waals surface area contributed by atoms with E-state index in [1.165, 1.54) is 6.07 Å². The topological polar surface area (TPSA) is 21.3 Å². The standard InChI is InChI=1S/C16H24FNO/c1-3-10-18-15(16(2)9-6-11-19-16)12-13-7-4-5-8-14(13)17/h4-5,7-8,15,18H,3,6,9-12H2,1-2H3. The molecule has 1 aromatic rings. The Morgan fingerprint density at radius 3 is 2.84 bits per heavy atom. The summed E-state index contributed by atoms with van der Waals surface area (Å²) >= 11 is 0. The zero-order chi connectivity index (χ0) is 13.7. The Morgan fingerprint density at radius 1 is 1.42 bits per heavy atom. The van der Waals surface area contributed by atoms with Gasteiger partial charge in [0.25, 0.3) is 0 Å². The molecule has 1 N–H and O–H groups in total. The van der Waals surface area contributed by atoms with Crippen LogP contribution in [0, 0.1) is 5.82 Å². The third-order valence-corrected chi connectivity index (χ3v) is 4.01. The van der Waals surface area contributed by atoms with E-state index in [0.717, 1.165) is 38.0 Å². The molecule has 1 heterocycles. The lowest BCUT2D eigenvalue weighted by molar-refractivity contribution is -0.0116. The molecule has 0 saturated carbocycles. The summed E-state index contributed by atoms with van der Waals surface area (Å²) in [4.78, 5) is 0. The van der Waals surface area contributed by atoms with E-state index in [1.54, 1.807) is 6.07 Å². The van der Waals surface area contributed by atoms with Gasteiger partial charge in [-0.25, -0.2) is 4.39 Å². The molecule has 0 bridgehead atoms. The van der Waals surface area contributed by atoms with Gasteiger partial charge in [-0.2, -0.15) is 0 Å². The largest absolute Gasteiger partial charge is 0.374 e. The molecule has 1 fully saturated rings. The first-order valence-electron chi connectivity index (χ1n) is 7.26. The van der Waals surface area contributed by atoms with Gasteiger partial charge in [0.2, 0.25) is 0 Å². The van der Waals surface area contributed by atoms with Gasteiger partial charge in [0, 0.05) is 12.6 Å². The molecule has 19 heavy (non-hydrogen) atoms. The van der Waals surface area contributed by atoms with Crippen molar-refractivity contribution in [1.82, 2.24) is 5.32 Å².